The molecule has 0 fully saturated rings. The molecule has 2 aromatic rings. The Morgan fingerprint density at radius 1 is 1.19 bits per heavy atom. The highest BCUT2D eigenvalue weighted by atomic mass is 19.4. The molecule has 1 aromatic heterocycles. The SMILES string of the molecule is CNC(Cc1cccc(C)c1)c1ccc(C(F)(F)F)cn1. The first-order chi connectivity index (χ1) is 9.90. The fourth-order valence-electron chi connectivity index (χ4n) is 2.21. The molecule has 1 atom stereocenters. The van der Waals surface area contributed by atoms with Gasteiger partial charge < -0.3 is 5.32 Å². The number of pyridine rings is 1. The molecule has 5 heteroatoms. The van der Waals surface area contributed by atoms with E-state index in [1.54, 1.807) is 7.05 Å². The molecule has 0 radical (unpaired) electrons. The summed E-state index contributed by atoms with van der Waals surface area (Å²) in [6, 6.07) is 10.4. The first kappa shape index (κ1) is 15.5. The van der Waals surface area contributed by atoms with Crippen molar-refractivity contribution in [3.63, 3.8) is 0 Å². The van der Waals surface area contributed by atoms with Crippen LogP contribution < -0.4 is 5.32 Å². The fourth-order valence-corrected chi connectivity index (χ4v) is 2.21. The maximum Gasteiger partial charge on any atom is 0.417 e. The molecular weight excluding hydrogens is 277 g/mol. The molecule has 0 amide bonds. The van der Waals surface area contributed by atoms with Crippen LogP contribution in [0.25, 0.3) is 0 Å². The predicted molar refractivity (Wildman–Crippen MR) is 75.9 cm³/mol. The van der Waals surface area contributed by atoms with Crippen LogP contribution in [-0.2, 0) is 12.6 Å². The van der Waals surface area contributed by atoms with Crippen LogP contribution in [0.15, 0.2) is 42.6 Å². The normalized spacial score (nSPS) is 13.2. The minimum Gasteiger partial charge on any atom is -0.311 e. The Morgan fingerprint density at radius 3 is 2.48 bits per heavy atom. The maximum atomic E-state index is 12.5. The Bertz CT molecular complexity index is 591. The number of nitrogens with zero attached hydrogens (tertiary/aromatic N) is 1. The Morgan fingerprint density at radius 2 is 1.95 bits per heavy atom. The molecule has 1 N–H and O–H groups in total. The summed E-state index contributed by atoms with van der Waals surface area (Å²) in [6.07, 6.45) is -2.79. The summed E-state index contributed by atoms with van der Waals surface area (Å²) in [7, 11) is 1.78. The van der Waals surface area contributed by atoms with Crippen LogP contribution in [0, 0.1) is 6.92 Å². The second kappa shape index (κ2) is 6.26. The number of rotatable bonds is 4. The number of aromatic nitrogens is 1. The molecule has 21 heavy (non-hydrogen) atoms. The van der Waals surface area contributed by atoms with E-state index in [1.165, 1.54) is 6.07 Å². The maximum absolute atomic E-state index is 12.5. The van der Waals surface area contributed by atoms with Crippen LogP contribution in [0.3, 0.4) is 0 Å². The quantitative estimate of drug-likeness (QED) is 0.924. The van der Waals surface area contributed by atoms with Crippen molar-refractivity contribution in [3.05, 3.63) is 65.0 Å². The van der Waals surface area contributed by atoms with Crippen LogP contribution in [0.2, 0.25) is 0 Å². The largest absolute Gasteiger partial charge is 0.417 e. The molecule has 2 rings (SSSR count). The first-order valence-electron chi connectivity index (χ1n) is 6.66. The lowest BCUT2D eigenvalue weighted by molar-refractivity contribution is -0.137. The minimum atomic E-state index is -4.35. The summed E-state index contributed by atoms with van der Waals surface area (Å²) in [5, 5.41) is 3.10. The van der Waals surface area contributed by atoms with Crippen molar-refractivity contribution in [2.45, 2.75) is 25.6 Å². The molecule has 0 aliphatic heterocycles. The van der Waals surface area contributed by atoms with Gasteiger partial charge in [-0.2, -0.15) is 13.2 Å². The number of nitrogens with one attached hydrogen (secondary N) is 1. The van der Waals surface area contributed by atoms with E-state index >= 15 is 0 Å². The van der Waals surface area contributed by atoms with Gasteiger partial charge in [0, 0.05) is 6.20 Å². The van der Waals surface area contributed by atoms with Crippen molar-refractivity contribution in [2.24, 2.45) is 0 Å². The predicted octanol–water partition coefficient (Wildman–Crippen LogP) is 3.91. The summed E-state index contributed by atoms with van der Waals surface area (Å²) in [5.74, 6) is 0. The van der Waals surface area contributed by atoms with Crippen molar-refractivity contribution in [2.75, 3.05) is 7.05 Å². The van der Waals surface area contributed by atoms with Crippen molar-refractivity contribution >= 4 is 0 Å². The van der Waals surface area contributed by atoms with E-state index in [-0.39, 0.29) is 6.04 Å². The van der Waals surface area contributed by atoms with Gasteiger partial charge in [0.2, 0.25) is 0 Å². The summed E-state index contributed by atoms with van der Waals surface area (Å²) in [4.78, 5) is 3.95. The Kier molecular flexibility index (Phi) is 4.63. The monoisotopic (exact) mass is 294 g/mol. The molecule has 0 bridgehead atoms. The van der Waals surface area contributed by atoms with Gasteiger partial charge in [-0.25, -0.2) is 0 Å². The third kappa shape index (κ3) is 4.04. The van der Waals surface area contributed by atoms with Crippen molar-refractivity contribution in [3.8, 4) is 0 Å². The van der Waals surface area contributed by atoms with E-state index in [4.69, 9.17) is 0 Å². The van der Waals surface area contributed by atoms with Gasteiger partial charge in [-0.05, 0) is 38.1 Å². The Hall–Kier alpha value is -1.88. The Balaban J connectivity index is 2.18. The zero-order valence-corrected chi connectivity index (χ0v) is 11.9. The number of likely N-dealkylation sites (N-methyl/N-ethyl adjacent to an activating group) is 1. The van der Waals surface area contributed by atoms with Crippen LogP contribution >= 0.6 is 0 Å². The molecule has 1 unspecified atom stereocenters. The van der Waals surface area contributed by atoms with Gasteiger partial charge in [-0.3, -0.25) is 4.98 Å². The number of halogens is 3. The Labute approximate surface area is 122 Å². The summed E-state index contributed by atoms with van der Waals surface area (Å²) in [6.45, 7) is 2.01. The van der Waals surface area contributed by atoms with Crippen LogP contribution in [0.1, 0.15) is 28.4 Å². The molecule has 2 nitrogen and oxygen atoms in total. The van der Waals surface area contributed by atoms with Crippen molar-refractivity contribution < 1.29 is 13.2 Å². The third-order valence-corrected chi connectivity index (χ3v) is 3.34. The van der Waals surface area contributed by atoms with Gasteiger partial charge >= 0.3 is 6.18 Å². The smallest absolute Gasteiger partial charge is 0.311 e. The van der Waals surface area contributed by atoms with E-state index in [0.29, 0.717) is 12.1 Å². The van der Waals surface area contributed by atoms with Crippen LogP contribution in [0.5, 0.6) is 0 Å². The lowest BCUT2D eigenvalue weighted by Crippen LogP contribution is -2.20. The lowest BCUT2D eigenvalue weighted by atomic mass is 10.0. The van der Waals surface area contributed by atoms with E-state index in [2.05, 4.69) is 16.4 Å². The number of benzene rings is 1. The highest BCUT2D eigenvalue weighted by Crippen LogP contribution is 2.29. The van der Waals surface area contributed by atoms with Gasteiger partial charge in [0.25, 0.3) is 0 Å². The van der Waals surface area contributed by atoms with Crippen molar-refractivity contribution in [1.29, 1.82) is 0 Å². The molecule has 0 saturated heterocycles. The minimum absolute atomic E-state index is 0.117. The lowest BCUT2D eigenvalue weighted by Gasteiger charge is -2.17. The molecule has 112 valence electrons. The molecule has 0 aliphatic rings. The van der Waals surface area contributed by atoms with Gasteiger partial charge in [0.15, 0.2) is 0 Å². The average molecular weight is 294 g/mol. The van der Waals surface area contributed by atoms with Crippen LogP contribution in [-0.4, -0.2) is 12.0 Å². The number of hydrogen-bond donors (Lipinski definition) is 1. The van der Waals surface area contributed by atoms with Gasteiger partial charge in [-0.15, -0.1) is 0 Å². The van der Waals surface area contributed by atoms with E-state index < -0.39 is 11.7 Å². The molecule has 1 aromatic carbocycles. The van der Waals surface area contributed by atoms with Gasteiger partial charge in [0.05, 0.1) is 17.3 Å². The van der Waals surface area contributed by atoms with Crippen LogP contribution in [0.4, 0.5) is 13.2 Å². The highest BCUT2D eigenvalue weighted by molar-refractivity contribution is 5.25. The summed E-state index contributed by atoms with van der Waals surface area (Å²) in [5.41, 5.74) is 2.16. The topological polar surface area (TPSA) is 24.9 Å². The number of hydrogen-bond acceptors (Lipinski definition) is 2. The number of alkyl halides is 3. The van der Waals surface area contributed by atoms with Crippen molar-refractivity contribution in [1.82, 2.24) is 10.3 Å². The molecule has 0 spiro atoms. The molecule has 0 aliphatic carbocycles. The first-order valence-corrected chi connectivity index (χ1v) is 6.66. The zero-order chi connectivity index (χ0) is 15.5. The fraction of sp³-hybridized carbons (Fsp3) is 0.312. The summed E-state index contributed by atoms with van der Waals surface area (Å²) < 4.78 is 37.6. The van der Waals surface area contributed by atoms with Gasteiger partial charge in [0.1, 0.15) is 0 Å². The third-order valence-electron chi connectivity index (χ3n) is 3.34. The zero-order valence-electron chi connectivity index (χ0n) is 11.9. The second-order valence-corrected chi connectivity index (χ2v) is 5.00. The average Bonchev–Trinajstić information content (AvgIpc) is 2.44. The molecular formula is C16H17F3N2. The second-order valence-electron chi connectivity index (χ2n) is 5.00. The van der Waals surface area contributed by atoms with E-state index in [1.807, 2.05) is 25.1 Å². The standard InChI is InChI=1S/C16H17F3N2/c1-11-4-3-5-12(8-11)9-15(20-2)14-7-6-13(10-21-14)16(17,18)19/h3-8,10,15,20H,9H2,1-2H3. The van der Waals surface area contributed by atoms with E-state index in [9.17, 15) is 13.2 Å². The molecule has 0 saturated carbocycles. The summed E-state index contributed by atoms with van der Waals surface area (Å²) >= 11 is 0. The number of aryl methyl sites for hydroxylation is 1. The van der Waals surface area contributed by atoms with Gasteiger partial charge in [-0.1, -0.05) is 29.8 Å². The van der Waals surface area contributed by atoms with E-state index in [0.717, 1.165) is 23.4 Å². The highest BCUT2D eigenvalue weighted by Gasteiger charge is 2.30. The molecule has 1 heterocycles.